The first-order valence-electron chi connectivity index (χ1n) is 8.34. The Bertz CT molecular complexity index is 592. The summed E-state index contributed by atoms with van der Waals surface area (Å²) in [6.45, 7) is 0.0551. The normalized spacial score (nSPS) is 19.0. The van der Waals surface area contributed by atoms with Crippen molar-refractivity contribution in [1.29, 1.82) is 0 Å². The first-order chi connectivity index (χ1) is 11.2. The molecule has 122 valence electrons. The molecule has 1 heterocycles. The number of carbonyl (C=O) groups is 2. The minimum atomic E-state index is -0.0907. The maximum atomic E-state index is 12.2. The van der Waals surface area contributed by atoms with Crippen LogP contribution in [0.5, 0.6) is 0 Å². The highest BCUT2D eigenvalue weighted by Gasteiger charge is 2.23. The molecule has 1 aliphatic carbocycles. The van der Waals surface area contributed by atoms with Gasteiger partial charge in [0.25, 0.3) is 0 Å². The molecule has 3 rings (SSSR count). The van der Waals surface area contributed by atoms with E-state index in [0.717, 1.165) is 24.1 Å². The maximum absolute atomic E-state index is 12.2. The molecule has 0 bridgehead atoms. The Morgan fingerprint density at radius 3 is 2.65 bits per heavy atom. The quantitative estimate of drug-likeness (QED) is 0.896. The minimum Gasteiger partial charge on any atom is -0.352 e. The first-order valence-corrected chi connectivity index (χ1v) is 8.34. The molecule has 0 unspecified atom stereocenters. The molecule has 2 aliphatic rings. The molecule has 1 aromatic rings. The lowest BCUT2D eigenvalue weighted by atomic mass is 9.95. The number of rotatable bonds is 4. The van der Waals surface area contributed by atoms with E-state index in [2.05, 4.69) is 10.7 Å². The molecule has 1 saturated carbocycles. The zero-order valence-corrected chi connectivity index (χ0v) is 13.3. The van der Waals surface area contributed by atoms with Crippen LogP contribution < -0.4 is 10.7 Å². The molecule has 5 heteroatoms. The molecule has 1 aromatic carbocycles. The number of amides is 2. The van der Waals surface area contributed by atoms with Gasteiger partial charge in [0.2, 0.25) is 11.8 Å². The standard InChI is InChI=1S/C18H23N3O2/c22-17(19-15-9-5-2-6-10-15)13-21-18(23)12-11-16(20-21)14-7-3-1-4-8-14/h1,3-4,7-8,11,15,20H,2,5-6,9-10,12-13H2,(H,19,22). The Morgan fingerprint density at radius 2 is 1.91 bits per heavy atom. The third kappa shape index (κ3) is 4.12. The average Bonchev–Trinajstić information content (AvgIpc) is 2.58. The monoisotopic (exact) mass is 313 g/mol. The molecule has 0 atom stereocenters. The fourth-order valence-electron chi connectivity index (χ4n) is 3.14. The van der Waals surface area contributed by atoms with E-state index in [1.54, 1.807) is 0 Å². The van der Waals surface area contributed by atoms with E-state index in [0.29, 0.717) is 6.42 Å². The molecule has 23 heavy (non-hydrogen) atoms. The third-order valence-corrected chi connectivity index (χ3v) is 4.39. The largest absolute Gasteiger partial charge is 0.352 e. The second kappa shape index (κ2) is 7.31. The SMILES string of the molecule is O=C(CN1NC(c2ccccc2)=CCC1=O)NC1CCCCC1. The number of nitrogens with zero attached hydrogens (tertiary/aromatic N) is 1. The van der Waals surface area contributed by atoms with E-state index in [1.807, 2.05) is 36.4 Å². The summed E-state index contributed by atoms with van der Waals surface area (Å²) in [5, 5.41) is 4.47. The summed E-state index contributed by atoms with van der Waals surface area (Å²) in [7, 11) is 0. The van der Waals surface area contributed by atoms with Gasteiger partial charge in [-0.15, -0.1) is 0 Å². The van der Waals surface area contributed by atoms with Gasteiger partial charge in [-0.3, -0.25) is 15.0 Å². The van der Waals surface area contributed by atoms with Crippen molar-refractivity contribution in [3.8, 4) is 0 Å². The molecule has 0 spiro atoms. The zero-order valence-electron chi connectivity index (χ0n) is 13.3. The summed E-state index contributed by atoms with van der Waals surface area (Å²) >= 11 is 0. The zero-order chi connectivity index (χ0) is 16.1. The summed E-state index contributed by atoms with van der Waals surface area (Å²) in [6.07, 6.45) is 7.87. The van der Waals surface area contributed by atoms with Crippen LogP contribution in [-0.4, -0.2) is 29.4 Å². The molecular weight excluding hydrogens is 290 g/mol. The highest BCUT2D eigenvalue weighted by Crippen LogP contribution is 2.18. The number of hydrogen-bond donors (Lipinski definition) is 2. The molecule has 0 radical (unpaired) electrons. The Morgan fingerprint density at radius 1 is 1.17 bits per heavy atom. The Kier molecular flexibility index (Phi) is 4.95. The van der Waals surface area contributed by atoms with Gasteiger partial charge in [0.15, 0.2) is 0 Å². The summed E-state index contributed by atoms with van der Waals surface area (Å²) in [4.78, 5) is 24.2. The maximum Gasteiger partial charge on any atom is 0.245 e. The van der Waals surface area contributed by atoms with Crippen molar-refractivity contribution >= 4 is 17.5 Å². The number of nitrogens with one attached hydrogen (secondary N) is 2. The van der Waals surface area contributed by atoms with Crippen LogP contribution in [0.4, 0.5) is 0 Å². The number of benzene rings is 1. The van der Waals surface area contributed by atoms with Gasteiger partial charge in [-0.2, -0.15) is 0 Å². The van der Waals surface area contributed by atoms with Crippen LogP contribution in [0, 0.1) is 0 Å². The summed E-state index contributed by atoms with van der Waals surface area (Å²) in [5.74, 6) is -0.171. The Balaban J connectivity index is 1.58. The average molecular weight is 313 g/mol. The van der Waals surface area contributed by atoms with Crippen molar-refractivity contribution in [3.63, 3.8) is 0 Å². The topological polar surface area (TPSA) is 61.4 Å². The van der Waals surface area contributed by atoms with E-state index < -0.39 is 0 Å². The molecule has 0 aromatic heterocycles. The van der Waals surface area contributed by atoms with Gasteiger partial charge in [-0.1, -0.05) is 49.6 Å². The van der Waals surface area contributed by atoms with Crippen LogP contribution in [0.25, 0.3) is 5.70 Å². The second-order valence-corrected chi connectivity index (χ2v) is 6.18. The summed E-state index contributed by atoms with van der Waals surface area (Å²) in [5.41, 5.74) is 4.95. The van der Waals surface area contributed by atoms with E-state index in [1.165, 1.54) is 24.3 Å². The highest BCUT2D eigenvalue weighted by molar-refractivity contribution is 5.88. The number of hydrazine groups is 1. The lowest BCUT2D eigenvalue weighted by Gasteiger charge is -2.30. The minimum absolute atomic E-state index is 0.0551. The molecule has 2 N–H and O–H groups in total. The van der Waals surface area contributed by atoms with Crippen molar-refractivity contribution in [2.24, 2.45) is 0 Å². The molecule has 2 amide bonds. The van der Waals surface area contributed by atoms with Gasteiger partial charge in [0, 0.05) is 12.5 Å². The predicted molar refractivity (Wildman–Crippen MR) is 88.9 cm³/mol. The summed E-state index contributed by atoms with van der Waals surface area (Å²) in [6, 6.07) is 10.1. The van der Waals surface area contributed by atoms with E-state index in [-0.39, 0.29) is 24.4 Å². The molecular formula is C18H23N3O2. The molecule has 0 saturated heterocycles. The van der Waals surface area contributed by atoms with Gasteiger partial charge in [-0.05, 0) is 24.5 Å². The van der Waals surface area contributed by atoms with Crippen molar-refractivity contribution in [2.45, 2.75) is 44.6 Å². The van der Waals surface area contributed by atoms with Crippen LogP contribution in [0.2, 0.25) is 0 Å². The van der Waals surface area contributed by atoms with Crippen molar-refractivity contribution < 1.29 is 9.59 Å². The van der Waals surface area contributed by atoms with Crippen LogP contribution in [0.3, 0.4) is 0 Å². The number of carbonyl (C=O) groups excluding carboxylic acids is 2. The van der Waals surface area contributed by atoms with Crippen LogP contribution in [0.15, 0.2) is 36.4 Å². The Hall–Kier alpha value is -2.30. The van der Waals surface area contributed by atoms with Gasteiger partial charge >= 0.3 is 0 Å². The van der Waals surface area contributed by atoms with Crippen molar-refractivity contribution in [2.75, 3.05) is 6.54 Å². The van der Waals surface area contributed by atoms with Gasteiger partial charge < -0.3 is 5.32 Å². The molecule has 1 fully saturated rings. The predicted octanol–water partition coefficient (Wildman–Crippen LogP) is 2.21. The molecule has 1 aliphatic heterocycles. The van der Waals surface area contributed by atoms with Crippen molar-refractivity contribution in [1.82, 2.24) is 15.8 Å². The lowest BCUT2D eigenvalue weighted by molar-refractivity contribution is -0.138. The Labute approximate surface area is 136 Å². The lowest BCUT2D eigenvalue weighted by Crippen LogP contribution is -2.50. The summed E-state index contributed by atoms with van der Waals surface area (Å²) < 4.78 is 0. The van der Waals surface area contributed by atoms with E-state index in [4.69, 9.17) is 0 Å². The fourth-order valence-corrected chi connectivity index (χ4v) is 3.14. The molecule has 5 nitrogen and oxygen atoms in total. The second-order valence-electron chi connectivity index (χ2n) is 6.18. The van der Waals surface area contributed by atoms with Crippen molar-refractivity contribution in [3.05, 3.63) is 42.0 Å². The van der Waals surface area contributed by atoms with Crippen LogP contribution >= 0.6 is 0 Å². The van der Waals surface area contributed by atoms with E-state index in [9.17, 15) is 9.59 Å². The van der Waals surface area contributed by atoms with Crippen LogP contribution in [-0.2, 0) is 9.59 Å². The fraction of sp³-hybridized carbons (Fsp3) is 0.444. The van der Waals surface area contributed by atoms with Gasteiger partial charge in [0.1, 0.15) is 6.54 Å². The van der Waals surface area contributed by atoms with Gasteiger partial charge in [0.05, 0.1) is 5.70 Å². The smallest absolute Gasteiger partial charge is 0.245 e. The number of hydrogen-bond acceptors (Lipinski definition) is 3. The highest BCUT2D eigenvalue weighted by atomic mass is 16.2. The van der Waals surface area contributed by atoms with Crippen LogP contribution in [0.1, 0.15) is 44.1 Å². The first kappa shape index (κ1) is 15.6. The van der Waals surface area contributed by atoms with E-state index >= 15 is 0 Å². The van der Waals surface area contributed by atoms with Gasteiger partial charge in [-0.25, -0.2) is 5.01 Å². The third-order valence-electron chi connectivity index (χ3n) is 4.39.